The van der Waals surface area contributed by atoms with Crippen LogP contribution < -0.4 is 0 Å². The molecular weight excluding hydrogens is 324 g/mol. The zero-order valence-corrected chi connectivity index (χ0v) is 14.9. The first-order valence-electron chi connectivity index (χ1n) is 9.23. The molecule has 0 bridgehead atoms. The van der Waals surface area contributed by atoms with Gasteiger partial charge >= 0.3 is 0 Å². The van der Waals surface area contributed by atoms with Crippen molar-refractivity contribution >= 4 is 0 Å². The predicted octanol–water partition coefficient (Wildman–Crippen LogP) is 3.44. The molecule has 0 N–H and O–H groups in total. The summed E-state index contributed by atoms with van der Waals surface area (Å²) in [5, 5.41) is 4.12. The van der Waals surface area contributed by atoms with Crippen LogP contribution in [0.15, 0.2) is 65.2 Å². The summed E-state index contributed by atoms with van der Waals surface area (Å²) in [7, 11) is 0. The minimum absolute atomic E-state index is 0.668. The van der Waals surface area contributed by atoms with Crippen molar-refractivity contribution < 1.29 is 4.52 Å². The Morgan fingerprint density at radius 2 is 1.42 bits per heavy atom. The maximum Gasteiger partial charge on any atom is 0.241 e. The van der Waals surface area contributed by atoms with E-state index in [1.807, 2.05) is 30.3 Å². The van der Waals surface area contributed by atoms with Crippen molar-refractivity contribution in [1.29, 1.82) is 0 Å². The molecule has 5 nitrogen and oxygen atoms in total. The lowest BCUT2D eigenvalue weighted by Gasteiger charge is -2.20. The van der Waals surface area contributed by atoms with Gasteiger partial charge in [-0.3, -0.25) is 9.80 Å². The Labute approximate surface area is 154 Å². The van der Waals surface area contributed by atoms with E-state index in [9.17, 15) is 0 Å². The topological polar surface area (TPSA) is 45.4 Å². The van der Waals surface area contributed by atoms with Crippen molar-refractivity contribution in [2.75, 3.05) is 26.2 Å². The second-order valence-electron chi connectivity index (χ2n) is 6.77. The molecular formula is C21H24N4O. The molecule has 26 heavy (non-hydrogen) atoms. The first-order chi connectivity index (χ1) is 12.9. The smallest absolute Gasteiger partial charge is 0.241 e. The van der Waals surface area contributed by atoms with Gasteiger partial charge in [-0.1, -0.05) is 65.8 Å². The van der Waals surface area contributed by atoms with Crippen LogP contribution in [0.25, 0.3) is 11.4 Å². The van der Waals surface area contributed by atoms with Crippen LogP contribution in [0, 0.1) is 0 Å². The number of aromatic nitrogens is 2. The fourth-order valence-corrected chi connectivity index (χ4v) is 3.40. The van der Waals surface area contributed by atoms with Crippen LogP contribution in [0.3, 0.4) is 0 Å². The van der Waals surface area contributed by atoms with E-state index in [2.05, 4.69) is 50.3 Å². The minimum Gasteiger partial charge on any atom is -0.338 e. The standard InChI is InChI=1S/C21H24N4O/c1-3-8-18(9-4-1)16-24-12-7-13-25(15-14-24)17-20-22-21(23-26-20)19-10-5-2-6-11-19/h1-6,8-11H,7,12-17H2. The third-order valence-corrected chi connectivity index (χ3v) is 4.79. The highest BCUT2D eigenvalue weighted by Gasteiger charge is 2.18. The molecule has 1 aliphatic rings. The number of hydrogen-bond acceptors (Lipinski definition) is 5. The lowest BCUT2D eigenvalue weighted by Crippen LogP contribution is -2.30. The van der Waals surface area contributed by atoms with E-state index in [1.54, 1.807) is 0 Å². The van der Waals surface area contributed by atoms with Crippen LogP contribution >= 0.6 is 0 Å². The van der Waals surface area contributed by atoms with Crippen LogP contribution in [0.4, 0.5) is 0 Å². The second-order valence-corrected chi connectivity index (χ2v) is 6.77. The lowest BCUT2D eigenvalue weighted by molar-refractivity contribution is 0.222. The van der Waals surface area contributed by atoms with Crippen molar-refractivity contribution in [3.05, 3.63) is 72.1 Å². The molecule has 3 aromatic rings. The molecule has 0 spiro atoms. The summed E-state index contributed by atoms with van der Waals surface area (Å²) < 4.78 is 5.47. The molecule has 0 atom stereocenters. The second kappa shape index (κ2) is 8.25. The van der Waals surface area contributed by atoms with Crippen molar-refractivity contribution in [2.24, 2.45) is 0 Å². The van der Waals surface area contributed by atoms with Crippen molar-refractivity contribution in [2.45, 2.75) is 19.5 Å². The summed E-state index contributed by atoms with van der Waals surface area (Å²) in [6.07, 6.45) is 1.16. The molecule has 1 saturated heterocycles. The van der Waals surface area contributed by atoms with Gasteiger partial charge in [0.2, 0.25) is 11.7 Å². The predicted molar refractivity (Wildman–Crippen MR) is 101 cm³/mol. The SMILES string of the molecule is c1ccc(CN2CCCN(Cc3nc(-c4ccccc4)no3)CC2)cc1. The first-order valence-corrected chi connectivity index (χ1v) is 9.23. The largest absolute Gasteiger partial charge is 0.338 e. The summed E-state index contributed by atoms with van der Waals surface area (Å²) in [6, 6.07) is 20.7. The van der Waals surface area contributed by atoms with E-state index in [1.165, 1.54) is 5.56 Å². The number of benzene rings is 2. The Morgan fingerprint density at radius 1 is 0.769 bits per heavy atom. The van der Waals surface area contributed by atoms with Gasteiger partial charge in [-0.05, 0) is 25.1 Å². The summed E-state index contributed by atoms with van der Waals surface area (Å²) in [4.78, 5) is 9.50. The van der Waals surface area contributed by atoms with E-state index >= 15 is 0 Å². The van der Waals surface area contributed by atoms with Gasteiger partial charge in [0.1, 0.15) is 0 Å². The van der Waals surface area contributed by atoms with Crippen LogP contribution in [0.5, 0.6) is 0 Å². The maximum atomic E-state index is 5.47. The maximum absolute atomic E-state index is 5.47. The van der Waals surface area contributed by atoms with E-state index in [0.29, 0.717) is 11.7 Å². The molecule has 5 heteroatoms. The quantitative estimate of drug-likeness (QED) is 0.707. The van der Waals surface area contributed by atoms with Gasteiger partial charge in [0.15, 0.2) is 0 Å². The van der Waals surface area contributed by atoms with Crippen molar-refractivity contribution in [1.82, 2.24) is 19.9 Å². The Kier molecular flexibility index (Phi) is 5.38. The molecule has 0 unspecified atom stereocenters. The number of nitrogens with zero attached hydrogens (tertiary/aromatic N) is 4. The van der Waals surface area contributed by atoms with Crippen LogP contribution in [0.2, 0.25) is 0 Å². The monoisotopic (exact) mass is 348 g/mol. The first kappa shape index (κ1) is 16.9. The van der Waals surface area contributed by atoms with Crippen molar-refractivity contribution in [3.63, 3.8) is 0 Å². The molecule has 1 aliphatic heterocycles. The van der Waals surface area contributed by atoms with Gasteiger partial charge in [0, 0.05) is 25.2 Å². The Bertz CT molecular complexity index is 803. The molecule has 134 valence electrons. The highest BCUT2D eigenvalue weighted by Crippen LogP contribution is 2.16. The van der Waals surface area contributed by atoms with Gasteiger partial charge in [0.25, 0.3) is 0 Å². The van der Waals surface area contributed by atoms with E-state index in [-0.39, 0.29) is 0 Å². The molecule has 0 radical (unpaired) electrons. The van der Waals surface area contributed by atoms with E-state index in [0.717, 1.165) is 51.3 Å². The molecule has 0 aliphatic carbocycles. The lowest BCUT2D eigenvalue weighted by atomic mass is 10.2. The van der Waals surface area contributed by atoms with Crippen LogP contribution in [-0.4, -0.2) is 46.1 Å². The van der Waals surface area contributed by atoms with Gasteiger partial charge in [-0.2, -0.15) is 4.98 Å². The molecule has 2 heterocycles. The average molecular weight is 348 g/mol. The summed E-state index contributed by atoms with van der Waals surface area (Å²) in [6.45, 7) is 6.02. The Hall–Kier alpha value is -2.50. The third-order valence-electron chi connectivity index (χ3n) is 4.79. The van der Waals surface area contributed by atoms with Crippen LogP contribution in [-0.2, 0) is 13.1 Å². The Morgan fingerprint density at radius 3 is 2.15 bits per heavy atom. The van der Waals surface area contributed by atoms with Gasteiger partial charge in [0.05, 0.1) is 6.54 Å². The number of rotatable bonds is 5. The molecule has 2 aromatic carbocycles. The third kappa shape index (κ3) is 4.36. The van der Waals surface area contributed by atoms with Gasteiger partial charge in [-0.15, -0.1) is 0 Å². The highest BCUT2D eigenvalue weighted by molar-refractivity contribution is 5.53. The fraction of sp³-hybridized carbons (Fsp3) is 0.333. The summed E-state index contributed by atoms with van der Waals surface area (Å²) in [5.41, 5.74) is 2.37. The van der Waals surface area contributed by atoms with Crippen LogP contribution in [0.1, 0.15) is 17.9 Å². The highest BCUT2D eigenvalue weighted by atomic mass is 16.5. The molecule has 1 fully saturated rings. The Balaban J connectivity index is 1.33. The zero-order chi connectivity index (χ0) is 17.6. The van der Waals surface area contributed by atoms with Gasteiger partial charge < -0.3 is 4.52 Å². The molecule has 0 saturated carbocycles. The normalized spacial score (nSPS) is 16.5. The fourth-order valence-electron chi connectivity index (χ4n) is 3.40. The average Bonchev–Trinajstić information content (AvgIpc) is 3.05. The zero-order valence-electron chi connectivity index (χ0n) is 14.9. The van der Waals surface area contributed by atoms with Crippen molar-refractivity contribution in [3.8, 4) is 11.4 Å². The number of hydrogen-bond donors (Lipinski definition) is 0. The minimum atomic E-state index is 0.668. The summed E-state index contributed by atoms with van der Waals surface area (Å²) >= 11 is 0. The van der Waals surface area contributed by atoms with Gasteiger partial charge in [-0.25, -0.2) is 0 Å². The van der Waals surface area contributed by atoms with E-state index < -0.39 is 0 Å². The van der Waals surface area contributed by atoms with E-state index in [4.69, 9.17) is 4.52 Å². The molecule has 1 aromatic heterocycles. The molecule has 4 rings (SSSR count). The summed E-state index contributed by atoms with van der Waals surface area (Å²) in [5.74, 6) is 1.36. The molecule has 0 amide bonds.